The molecule has 0 fully saturated rings. The highest BCUT2D eigenvalue weighted by atomic mass is 16.5. The number of methoxy groups -OCH3 is 2. The molecular weight excluding hydrogens is 296 g/mol. The van der Waals surface area contributed by atoms with Crippen LogP contribution in [0.4, 0.5) is 5.69 Å². The van der Waals surface area contributed by atoms with Crippen molar-refractivity contribution in [3.05, 3.63) is 29.8 Å². The summed E-state index contributed by atoms with van der Waals surface area (Å²) in [5, 5.41) is 2.63. The third-order valence-corrected chi connectivity index (χ3v) is 3.45. The van der Waals surface area contributed by atoms with E-state index in [9.17, 15) is 9.59 Å². The van der Waals surface area contributed by atoms with E-state index in [1.54, 1.807) is 26.4 Å². The van der Waals surface area contributed by atoms with E-state index >= 15 is 0 Å². The fourth-order valence-electron chi connectivity index (χ4n) is 2.00. The van der Waals surface area contributed by atoms with Crippen LogP contribution in [-0.2, 0) is 19.1 Å². The molecule has 6 heteroatoms. The average Bonchev–Trinajstić information content (AvgIpc) is 2.55. The van der Waals surface area contributed by atoms with Crippen LogP contribution in [0.25, 0.3) is 0 Å². The first-order chi connectivity index (χ1) is 11.0. The summed E-state index contributed by atoms with van der Waals surface area (Å²) in [5.74, 6) is -0.832. The van der Waals surface area contributed by atoms with Gasteiger partial charge in [-0.15, -0.1) is 0 Å². The van der Waals surface area contributed by atoms with Crippen molar-refractivity contribution in [3.63, 3.8) is 0 Å². The molecule has 23 heavy (non-hydrogen) atoms. The van der Waals surface area contributed by atoms with E-state index in [1.165, 1.54) is 10.5 Å². The molecule has 0 aromatic heterocycles. The maximum absolute atomic E-state index is 12.2. The van der Waals surface area contributed by atoms with Crippen molar-refractivity contribution >= 4 is 17.5 Å². The summed E-state index contributed by atoms with van der Waals surface area (Å²) in [5.41, 5.74) is 1.78. The minimum atomic E-state index is -0.658. The standard InChI is InChI=1S/C17H26N2O4/c1-13(2)14-5-7-15(8-6-14)18-16(20)17(21)19(9-11-22-3)10-12-23-4/h5-8,13H,9-12H2,1-4H3,(H,18,20). The molecule has 0 heterocycles. The Balaban J connectivity index is 2.67. The van der Waals surface area contributed by atoms with Gasteiger partial charge in [0.05, 0.1) is 13.2 Å². The molecule has 128 valence electrons. The van der Waals surface area contributed by atoms with E-state index in [1.807, 2.05) is 12.1 Å². The van der Waals surface area contributed by atoms with Crippen molar-refractivity contribution in [1.82, 2.24) is 4.90 Å². The topological polar surface area (TPSA) is 67.9 Å². The van der Waals surface area contributed by atoms with Gasteiger partial charge in [-0.25, -0.2) is 0 Å². The van der Waals surface area contributed by atoms with E-state index < -0.39 is 11.8 Å². The van der Waals surface area contributed by atoms with Crippen LogP contribution in [0, 0.1) is 0 Å². The third kappa shape index (κ3) is 6.38. The Kier molecular flexibility index (Phi) is 8.29. The van der Waals surface area contributed by atoms with Crippen LogP contribution in [-0.4, -0.2) is 57.2 Å². The van der Waals surface area contributed by atoms with Crippen molar-refractivity contribution in [1.29, 1.82) is 0 Å². The summed E-state index contributed by atoms with van der Waals surface area (Å²) in [6, 6.07) is 7.49. The number of hydrogen-bond acceptors (Lipinski definition) is 4. The lowest BCUT2D eigenvalue weighted by Crippen LogP contribution is -2.43. The summed E-state index contributed by atoms with van der Waals surface area (Å²) < 4.78 is 9.94. The highest BCUT2D eigenvalue weighted by Gasteiger charge is 2.21. The van der Waals surface area contributed by atoms with E-state index in [0.29, 0.717) is 37.9 Å². The van der Waals surface area contributed by atoms with E-state index in [0.717, 1.165) is 0 Å². The minimum absolute atomic E-state index is 0.346. The lowest BCUT2D eigenvalue weighted by Gasteiger charge is -2.21. The van der Waals surface area contributed by atoms with Crippen LogP contribution in [0.2, 0.25) is 0 Å². The zero-order valence-electron chi connectivity index (χ0n) is 14.3. The van der Waals surface area contributed by atoms with Crippen molar-refractivity contribution in [2.45, 2.75) is 19.8 Å². The number of carbonyl (C=O) groups excluding carboxylic acids is 2. The van der Waals surface area contributed by atoms with Crippen LogP contribution in [0.3, 0.4) is 0 Å². The molecule has 0 bridgehead atoms. The summed E-state index contributed by atoms with van der Waals surface area (Å²) in [4.78, 5) is 25.8. The van der Waals surface area contributed by atoms with Crippen LogP contribution in [0.15, 0.2) is 24.3 Å². The second-order valence-corrected chi connectivity index (χ2v) is 5.51. The quantitative estimate of drug-likeness (QED) is 0.742. The number of nitrogens with zero attached hydrogens (tertiary/aromatic N) is 1. The lowest BCUT2D eigenvalue weighted by molar-refractivity contribution is -0.144. The first-order valence-electron chi connectivity index (χ1n) is 7.67. The highest BCUT2D eigenvalue weighted by Crippen LogP contribution is 2.17. The van der Waals surface area contributed by atoms with Gasteiger partial charge in [0, 0.05) is 33.0 Å². The lowest BCUT2D eigenvalue weighted by atomic mass is 10.0. The molecule has 0 saturated heterocycles. The summed E-state index contributed by atoms with van der Waals surface area (Å²) in [6.45, 7) is 5.62. The SMILES string of the molecule is COCCN(CCOC)C(=O)C(=O)Nc1ccc(C(C)C)cc1. The molecular formula is C17H26N2O4. The fourth-order valence-corrected chi connectivity index (χ4v) is 2.00. The Morgan fingerprint density at radius 1 is 1.04 bits per heavy atom. The van der Waals surface area contributed by atoms with Crippen LogP contribution < -0.4 is 5.32 Å². The van der Waals surface area contributed by atoms with Crippen molar-refractivity contribution in [2.75, 3.05) is 45.8 Å². The maximum atomic E-state index is 12.2. The van der Waals surface area contributed by atoms with Gasteiger partial charge in [-0.1, -0.05) is 26.0 Å². The second-order valence-electron chi connectivity index (χ2n) is 5.51. The first-order valence-corrected chi connectivity index (χ1v) is 7.67. The Labute approximate surface area is 137 Å². The number of nitrogens with one attached hydrogen (secondary N) is 1. The Morgan fingerprint density at radius 3 is 2.00 bits per heavy atom. The number of anilines is 1. The number of rotatable bonds is 8. The molecule has 0 atom stereocenters. The predicted octanol–water partition coefficient (Wildman–Crippen LogP) is 1.87. The molecule has 0 unspecified atom stereocenters. The smallest absolute Gasteiger partial charge is 0.313 e. The molecule has 1 N–H and O–H groups in total. The van der Waals surface area contributed by atoms with Crippen LogP contribution in [0.1, 0.15) is 25.3 Å². The molecule has 1 aromatic carbocycles. The van der Waals surface area contributed by atoms with Gasteiger partial charge in [-0.3, -0.25) is 9.59 Å². The summed E-state index contributed by atoms with van der Waals surface area (Å²) >= 11 is 0. The molecule has 1 rings (SSSR count). The monoisotopic (exact) mass is 322 g/mol. The largest absolute Gasteiger partial charge is 0.383 e. The molecule has 0 aliphatic rings. The zero-order chi connectivity index (χ0) is 17.2. The van der Waals surface area contributed by atoms with Gasteiger partial charge >= 0.3 is 11.8 Å². The van der Waals surface area contributed by atoms with Gasteiger partial charge in [0.25, 0.3) is 0 Å². The predicted molar refractivity (Wildman–Crippen MR) is 89.5 cm³/mol. The molecule has 0 aliphatic carbocycles. The Morgan fingerprint density at radius 2 is 1.57 bits per heavy atom. The third-order valence-electron chi connectivity index (χ3n) is 3.45. The van der Waals surface area contributed by atoms with Gasteiger partial charge in [0.1, 0.15) is 0 Å². The van der Waals surface area contributed by atoms with E-state index in [-0.39, 0.29) is 0 Å². The molecule has 1 aromatic rings. The normalized spacial score (nSPS) is 10.7. The van der Waals surface area contributed by atoms with Gasteiger partial charge in [-0.2, -0.15) is 0 Å². The first kappa shape index (κ1) is 19.1. The summed E-state index contributed by atoms with van der Waals surface area (Å²) in [7, 11) is 3.10. The minimum Gasteiger partial charge on any atom is -0.383 e. The molecule has 0 radical (unpaired) electrons. The Bertz CT molecular complexity index is 492. The van der Waals surface area contributed by atoms with Gasteiger partial charge < -0.3 is 19.7 Å². The molecule has 0 aliphatic heterocycles. The van der Waals surface area contributed by atoms with Gasteiger partial charge in [0.15, 0.2) is 0 Å². The molecule has 6 nitrogen and oxygen atoms in total. The van der Waals surface area contributed by atoms with E-state index in [4.69, 9.17) is 9.47 Å². The molecule has 2 amide bonds. The number of hydrogen-bond donors (Lipinski definition) is 1. The van der Waals surface area contributed by atoms with Crippen LogP contribution >= 0.6 is 0 Å². The number of amides is 2. The van der Waals surface area contributed by atoms with Crippen molar-refractivity contribution in [3.8, 4) is 0 Å². The van der Waals surface area contributed by atoms with E-state index in [2.05, 4.69) is 19.2 Å². The van der Waals surface area contributed by atoms with Crippen LogP contribution in [0.5, 0.6) is 0 Å². The van der Waals surface area contributed by atoms with Crippen molar-refractivity contribution in [2.24, 2.45) is 0 Å². The maximum Gasteiger partial charge on any atom is 0.313 e. The summed E-state index contributed by atoms with van der Waals surface area (Å²) in [6.07, 6.45) is 0. The fraction of sp³-hybridized carbons (Fsp3) is 0.529. The van der Waals surface area contributed by atoms with Gasteiger partial charge in [-0.05, 0) is 23.6 Å². The zero-order valence-corrected chi connectivity index (χ0v) is 14.3. The average molecular weight is 322 g/mol. The number of carbonyl (C=O) groups is 2. The van der Waals surface area contributed by atoms with Gasteiger partial charge in [0.2, 0.25) is 0 Å². The molecule has 0 spiro atoms. The number of benzene rings is 1. The Hall–Kier alpha value is -1.92. The number of ether oxygens (including phenoxy) is 2. The van der Waals surface area contributed by atoms with Crippen molar-refractivity contribution < 1.29 is 19.1 Å². The second kappa shape index (κ2) is 9.97. The highest BCUT2D eigenvalue weighted by molar-refractivity contribution is 6.39. The molecule has 0 saturated carbocycles.